The van der Waals surface area contributed by atoms with Crippen LogP contribution in [0.15, 0.2) is 54.6 Å². The molecule has 0 aromatic heterocycles. The number of likely N-dealkylation sites (tertiary alicyclic amines) is 1. The van der Waals surface area contributed by atoms with Crippen LogP contribution in [0.5, 0.6) is 5.75 Å². The van der Waals surface area contributed by atoms with Crippen molar-refractivity contribution in [2.24, 2.45) is 17.8 Å². The number of nitrogens with zero attached hydrogens (tertiary/aromatic N) is 3. The van der Waals surface area contributed by atoms with Crippen LogP contribution in [0.4, 0.5) is 10.5 Å². The lowest BCUT2D eigenvalue weighted by atomic mass is 9.89. The van der Waals surface area contributed by atoms with Crippen molar-refractivity contribution >= 4 is 35.5 Å². The number of carbonyl (C=O) groups is 5. The second kappa shape index (κ2) is 21.4. The van der Waals surface area contributed by atoms with Crippen LogP contribution in [0.3, 0.4) is 0 Å². The van der Waals surface area contributed by atoms with E-state index in [1.165, 1.54) is 43.4 Å². The summed E-state index contributed by atoms with van der Waals surface area (Å²) in [6, 6.07) is 10.8. The number of carbonyl (C=O) groups excluding carboxylic acids is 4. The Hall–Kier alpha value is -5.09. The summed E-state index contributed by atoms with van der Waals surface area (Å²) in [5.74, 6) is -4.11. The molecule has 1 saturated heterocycles. The third-order valence-electron chi connectivity index (χ3n) is 11.1. The van der Waals surface area contributed by atoms with E-state index in [4.69, 9.17) is 14.2 Å². The standard InChI is InChI=1S/C41H59N5O11/c1-10-25(4)36(44(7)39(49)34(24(2)3)43-41(52)57-30-20-18-29(19-21-30)46(53)54)32(55-8)23-33(47)45-22-14-17-31(45)37(56-9)27(6)38(48)42-35(40(50)51)26(5)28-15-12-11-13-16-28/h11-13,15-16,18-21,24-27,31-32,34-37H,10,14,17,22-23H2,1-9H3,(H,42,48)(H,43,52)(H,50,51)/t25-,26?,27+,31-,32+,34-,35?,36-,37+/m0/s1. The number of hydrogen-bond acceptors (Lipinski definition) is 10. The number of methoxy groups -OCH3 is 2. The van der Waals surface area contributed by atoms with Crippen LogP contribution in [-0.4, -0.2) is 114 Å². The van der Waals surface area contributed by atoms with E-state index in [1.54, 1.807) is 39.6 Å². The van der Waals surface area contributed by atoms with Gasteiger partial charge in [0.1, 0.15) is 17.8 Å². The Labute approximate surface area is 334 Å². The van der Waals surface area contributed by atoms with Gasteiger partial charge in [-0.2, -0.15) is 0 Å². The Balaban J connectivity index is 1.76. The fourth-order valence-corrected chi connectivity index (χ4v) is 7.57. The number of carboxylic acid groups (broad SMARTS) is 1. The third kappa shape index (κ3) is 12.0. The third-order valence-corrected chi connectivity index (χ3v) is 11.1. The Kier molecular flexibility index (Phi) is 17.4. The molecule has 1 aliphatic rings. The van der Waals surface area contributed by atoms with Crippen molar-refractivity contribution in [3.63, 3.8) is 0 Å². The summed E-state index contributed by atoms with van der Waals surface area (Å²) in [5, 5.41) is 26.4. The molecule has 16 heteroatoms. The Morgan fingerprint density at radius 1 is 0.947 bits per heavy atom. The number of aliphatic carboxylic acids is 1. The number of nitrogens with one attached hydrogen (secondary N) is 2. The molecule has 2 aromatic rings. The molecule has 16 nitrogen and oxygen atoms in total. The number of non-ortho nitro benzene ring substituents is 1. The summed E-state index contributed by atoms with van der Waals surface area (Å²) in [6.45, 7) is 11.3. The lowest BCUT2D eigenvalue weighted by Crippen LogP contribution is -2.58. The van der Waals surface area contributed by atoms with Crippen LogP contribution in [0.2, 0.25) is 0 Å². The van der Waals surface area contributed by atoms with E-state index in [2.05, 4.69) is 10.6 Å². The zero-order chi connectivity index (χ0) is 42.6. The van der Waals surface area contributed by atoms with E-state index in [0.29, 0.717) is 25.8 Å². The first kappa shape index (κ1) is 46.3. The molecule has 0 bridgehead atoms. The number of benzene rings is 2. The van der Waals surface area contributed by atoms with Crippen LogP contribution >= 0.6 is 0 Å². The number of amides is 4. The van der Waals surface area contributed by atoms with Gasteiger partial charge in [-0.25, -0.2) is 9.59 Å². The zero-order valence-corrected chi connectivity index (χ0v) is 34.4. The first-order valence-corrected chi connectivity index (χ1v) is 19.4. The van der Waals surface area contributed by atoms with Gasteiger partial charge in [0.2, 0.25) is 17.7 Å². The summed E-state index contributed by atoms with van der Waals surface area (Å²) >= 11 is 0. The molecule has 0 saturated carbocycles. The topological polar surface area (TPSA) is 207 Å². The second-order valence-corrected chi connectivity index (χ2v) is 15.1. The lowest BCUT2D eigenvalue weighted by Gasteiger charge is -2.40. The zero-order valence-electron chi connectivity index (χ0n) is 34.4. The Morgan fingerprint density at radius 3 is 2.11 bits per heavy atom. The van der Waals surface area contributed by atoms with Crippen molar-refractivity contribution in [2.45, 2.75) is 110 Å². The van der Waals surface area contributed by atoms with Gasteiger partial charge in [-0.05, 0) is 42.4 Å². The predicted octanol–water partition coefficient (Wildman–Crippen LogP) is 5.00. The van der Waals surface area contributed by atoms with Gasteiger partial charge in [0.25, 0.3) is 5.69 Å². The number of rotatable bonds is 20. The van der Waals surface area contributed by atoms with Crippen molar-refractivity contribution in [1.82, 2.24) is 20.4 Å². The highest BCUT2D eigenvalue weighted by Crippen LogP contribution is 2.30. The maximum absolute atomic E-state index is 14.2. The molecule has 1 fully saturated rings. The molecule has 3 rings (SSSR count). The first-order chi connectivity index (χ1) is 27.0. The maximum atomic E-state index is 14.2. The number of nitro groups is 1. The van der Waals surface area contributed by atoms with E-state index >= 15 is 0 Å². The van der Waals surface area contributed by atoms with Gasteiger partial charge in [0, 0.05) is 45.9 Å². The largest absolute Gasteiger partial charge is 0.480 e. The monoisotopic (exact) mass is 797 g/mol. The molecule has 57 heavy (non-hydrogen) atoms. The molecule has 3 N–H and O–H groups in total. The molecule has 0 radical (unpaired) electrons. The molecule has 9 atom stereocenters. The van der Waals surface area contributed by atoms with Gasteiger partial charge in [0.15, 0.2) is 0 Å². The number of nitro benzene ring substituents is 1. The van der Waals surface area contributed by atoms with Gasteiger partial charge in [-0.15, -0.1) is 0 Å². The smallest absolute Gasteiger partial charge is 0.413 e. The Morgan fingerprint density at radius 2 is 1.58 bits per heavy atom. The normalized spacial score (nSPS) is 18.3. The Bertz CT molecular complexity index is 1670. The minimum Gasteiger partial charge on any atom is -0.480 e. The molecular formula is C41H59N5O11. The molecule has 0 spiro atoms. The average Bonchev–Trinajstić information content (AvgIpc) is 3.68. The minimum atomic E-state index is -1.19. The van der Waals surface area contributed by atoms with E-state index < -0.39 is 77.0 Å². The van der Waals surface area contributed by atoms with Crippen molar-refractivity contribution in [2.75, 3.05) is 27.8 Å². The van der Waals surface area contributed by atoms with E-state index in [1.807, 2.05) is 44.2 Å². The first-order valence-electron chi connectivity index (χ1n) is 19.4. The predicted molar refractivity (Wildman–Crippen MR) is 211 cm³/mol. The van der Waals surface area contributed by atoms with Gasteiger partial charge in [0.05, 0.1) is 41.6 Å². The van der Waals surface area contributed by atoms with E-state index in [9.17, 15) is 39.2 Å². The quantitative estimate of drug-likeness (QED) is 0.120. The fourth-order valence-electron chi connectivity index (χ4n) is 7.57. The highest BCUT2D eigenvalue weighted by atomic mass is 16.6. The number of likely N-dealkylation sites (N-methyl/N-ethyl adjacent to an activating group) is 1. The van der Waals surface area contributed by atoms with Crippen LogP contribution < -0.4 is 15.4 Å². The molecule has 4 amide bonds. The number of hydrogen-bond donors (Lipinski definition) is 3. The van der Waals surface area contributed by atoms with Gasteiger partial charge in [-0.1, -0.05) is 78.3 Å². The van der Waals surface area contributed by atoms with E-state index in [0.717, 1.165) is 5.56 Å². The van der Waals surface area contributed by atoms with Crippen molar-refractivity contribution in [3.05, 3.63) is 70.3 Å². The summed E-state index contributed by atoms with van der Waals surface area (Å²) < 4.78 is 17.1. The average molecular weight is 798 g/mol. The van der Waals surface area contributed by atoms with E-state index in [-0.39, 0.29) is 35.6 Å². The van der Waals surface area contributed by atoms with Gasteiger partial charge >= 0.3 is 12.1 Å². The molecular weight excluding hydrogens is 738 g/mol. The maximum Gasteiger partial charge on any atom is 0.413 e. The van der Waals surface area contributed by atoms with Crippen molar-refractivity contribution in [1.29, 1.82) is 0 Å². The summed E-state index contributed by atoms with van der Waals surface area (Å²) in [7, 11) is 4.55. The van der Waals surface area contributed by atoms with Crippen LogP contribution in [0.1, 0.15) is 78.7 Å². The van der Waals surface area contributed by atoms with Crippen molar-refractivity contribution < 1.29 is 48.2 Å². The molecule has 2 aromatic carbocycles. The molecule has 2 unspecified atom stereocenters. The molecule has 314 valence electrons. The highest BCUT2D eigenvalue weighted by molar-refractivity contribution is 5.87. The molecule has 1 heterocycles. The minimum absolute atomic E-state index is 0.0601. The summed E-state index contributed by atoms with van der Waals surface area (Å²) in [5.41, 5.74) is 0.598. The molecule has 1 aliphatic heterocycles. The van der Waals surface area contributed by atoms with Gasteiger partial charge < -0.3 is 39.8 Å². The molecule has 0 aliphatic carbocycles. The number of carboxylic acids is 1. The van der Waals surface area contributed by atoms with Crippen LogP contribution in [-0.2, 0) is 28.7 Å². The fraction of sp³-hybridized carbons (Fsp3) is 0.585. The summed E-state index contributed by atoms with van der Waals surface area (Å²) in [6.07, 6.45) is -0.624. The van der Waals surface area contributed by atoms with Gasteiger partial charge in [-0.3, -0.25) is 24.5 Å². The summed E-state index contributed by atoms with van der Waals surface area (Å²) in [4.78, 5) is 80.7. The SMILES string of the molecule is CC[C@H](C)[C@@H]([C@@H](CC(=O)N1CCC[C@H]1[C@H](OC)[C@@H](C)C(=O)NC(C(=O)O)C(C)c1ccccc1)OC)N(C)C(=O)[C@@H](NC(=O)Oc1ccc([N+](=O)[O-])cc1)C(C)C. The van der Waals surface area contributed by atoms with Crippen LogP contribution in [0.25, 0.3) is 0 Å². The number of ether oxygens (including phenoxy) is 3. The van der Waals surface area contributed by atoms with Crippen molar-refractivity contribution in [3.8, 4) is 5.75 Å². The lowest BCUT2D eigenvalue weighted by molar-refractivity contribution is -0.384. The van der Waals surface area contributed by atoms with Crippen LogP contribution in [0, 0.1) is 27.9 Å². The highest BCUT2D eigenvalue weighted by Gasteiger charge is 2.43. The second-order valence-electron chi connectivity index (χ2n) is 15.1.